The maximum Gasteiger partial charge on any atom is 0.0540 e. The van der Waals surface area contributed by atoms with Crippen LogP contribution in [-0.2, 0) is 16.2 Å². The topological polar surface area (TPSA) is 6.48 Å². The molecule has 69 heavy (non-hydrogen) atoms. The molecule has 2 unspecified atom stereocenters. The summed E-state index contributed by atoms with van der Waals surface area (Å²) in [6, 6.07) is 57.6. The van der Waals surface area contributed by atoms with Crippen LogP contribution in [0.15, 0.2) is 199 Å². The average molecular weight is 889 g/mol. The summed E-state index contributed by atoms with van der Waals surface area (Å²) in [6.45, 7) is 14.5. The first-order valence-corrected chi connectivity index (χ1v) is 25.2. The number of benzene rings is 9. The third-order valence-electron chi connectivity index (χ3n) is 17.3. The van der Waals surface area contributed by atoms with Crippen LogP contribution in [0.1, 0.15) is 99.2 Å². The van der Waals surface area contributed by atoms with Crippen molar-refractivity contribution in [2.75, 3.05) is 9.80 Å². The SMILES string of the molecule is CC1(C)C2=C(CCC=C2)N(C2=CC3C(C=C2)c2ccc(/C=C/c4ccc5c6cccc7c(N8c9ccccc9C(C)(C)c9ccccc98)ccc(c8cccc4c58)c76)cc2C3(C)C)c2ccccc21. The first kappa shape index (κ1) is 40.6. The fourth-order valence-corrected chi connectivity index (χ4v) is 13.9. The summed E-state index contributed by atoms with van der Waals surface area (Å²) in [5, 5.41) is 10.4. The number of hydrogen-bond acceptors (Lipinski definition) is 2. The third kappa shape index (κ3) is 5.55. The predicted molar refractivity (Wildman–Crippen MR) is 294 cm³/mol. The van der Waals surface area contributed by atoms with Gasteiger partial charge in [0, 0.05) is 39.2 Å². The van der Waals surface area contributed by atoms with E-state index in [-0.39, 0.29) is 16.2 Å². The van der Waals surface area contributed by atoms with Crippen LogP contribution in [-0.4, -0.2) is 0 Å². The van der Waals surface area contributed by atoms with E-state index in [9.17, 15) is 0 Å². The van der Waals surface area contributed by atoms with E-state index in [1.807, 2.05) is 0 Å². The molecule has 2 heteroatoms. The molecule has 0 N–H and O–H groups in total. The van der Waals surface area contributed by atoms with E-state index >= 15 is 0 Å². The van der Waals surface area contributed by atoms with Crippen molar-refractivity contribution in [2.45, 2.75) is 76.5 Å². The van der Waals surface area contributed by atoms with Gasteiger partial charge in [-0.25, -0.2) is 0 Å². The van der Waals surface area contributed by atoms with Gasteiger partial charge in [0.1, 0.15) is 0 Å². The maximum atomic E-state index is 2.61. The van der Waals surface area contributed by atoms with Gasteiger partial charge in [-0.15, -0.1) is 0 Å². The highest BCUT2D eigenvalue weighted by molar-refractivity contribution is 6.35. The Morgan fingerprint density at radius 1 is 0.493 bits per heavy atom. The van der Waals surface area contributed by atoms with Gasteiger partial charge >= 0.3 is 0 Å². The largest absolute Gasteiger partial charge is 0.314 e. The van der Waals surface area contributed by atoms with Crippen LogP contribution < -0.4 is 9.80 Å². The smallest absolute Gasteiger partial charge is 0.0540 e. The van der Waals surface area contributed by atoms with Crippen molar-refractivity contribution < 1.29 is 0 Å². The van der Waals surface area contributed by atoms with E-state index in [1.165, 1.54) is 122 Å². The molecular formula is C67H56N2. The molecule has 9 aromatic carbocycles. The van der Waals surface area contributed by atoms with Gasteiger partial charge in [-0.2, -0.15) is 0 Å². The first-order chi connectivity index (χ1) is 33.5. The Morgan fingerprint density at radius 3 is 1.80 bits per heavy atom. The molecule has 3 aliphatic carbocycles. The molecule has 0 spiro atoms. The third-order valence-corrected chi connectivity index (χ3v) is 17.3. The molecule has 2 aliphatic heterocycles. The van der Waals surface area contributed by atoms with Crippen LogP contribution in [0.2, 0.25) is 0 Å². The molecule has 0 amide bonds. The number of fused-ring (bicyclic) bond motifs is 8. The zero-order valence-corrected chi connectivity index (χ0v) is 40.4. The number of allylic oxidation sites excluding steroid dienone is 7. The Morgan fingerprint density at radius 2 is 1.09 bits per heavy atom. The lowest BCUT2D eigenvalue weighted by molar-refractivity contribution is 0.392. The molecule has 0 saturated heterocycles. The number of nitrogens with zero attached hydrogens (tertiary/aromatic N) is 2. The van der Waals surface area contributed by atoms with Crippen molar-refractivity contribution in [2.24, 2.45) is 5.92 Å². The molecular weight excluding hydrogens is 833 g/mol. The van der Waals surface area contributed by atoms with Gasteiger partial charge in [-0.05, 0) is 137 Å². The Hall–Kier alpha value is -7.42. The van der Waals surface area contributed by atoms with Gasteiger partial charge in [-0.1, -0.05) is 205 Å². The molecule has 2 atom stereocenters. The lowest BCUT2D eigenvalue weighted by Gasteiger charge is -2.45. The summed E-state index contributed by atoms with van der Waals surface area (Å²) in [6.07, 6.45) is 19.1. The molecule has 0 saturated carbocycles. The maximum absolute atomic E-state index is 2.61. The lowest BCUT2D eigenvalue weighted by Crippen LogP contribution is -2.37. The monoisotopic (exact) mass is 888 g/mol. The highest BCUT2D eigenvalue weighted by Gasteiger charge is 2.47. The fourth-order valence-electron chi connectivity index (χ4n) is 13.9. The van der Waals surface area contributed by atoms with Crippen molar-refractivity contribution >= 4 is 78.0 Å². The Kier molecular flexibility index (Phi) is 8.43. The van der Waals surface area contributed by atoms with Crippen molar-refractivity contribution in [3.05, 3.63) is 238 Å². The molecule has 2 heterocycles. The van der Waals surface area contributed by atoms with E-state index in [0.717, 1.165) is 12.8 Å². The minimum absolute atomic E-state index is 0.0298. The van der Waals surface area contributed by atoms with Crippen LogP contribution in [0, 0.1) is 5.92 Å². The summed E-state index contributed by atoms with van der Waals surface area (Å²) in [5.41, 5.74) is 18.6. The summed E-state index contributed by atoms with van der Waals surface area (Å²) in [4.78, 5) is 5.11. The molecule has 14 rings (SSSR count). The standard InChI is InChI=1S/C67H56N2/c1-65(2)52-21-7-11-25-59(52)68(60-26-12-8-22-53(60)65)43-33-36-46-45-34-30-41(39-56(45)67(5,6)57(46)40-43)29-31-42-32-35-49-48-19-16-20-51-58(38-37-50(64(48)51)47-18-15-17-44(42)63(47)49)69-61-27-13-9-23-54(61)66(3,4)55-24-10-14-28-62(55)69/h7-11,13-25,27-40,46,57H,12,26H2,1-6H3/b31-29+. The lowest BCUT2D eigenvalue weighted by atomic mass is 9.70. The van der Waals surface area contributed by atoms with Crippen LogP contribution in [0.25, 0.3) is 55.2 Å². The van der Waals surface area contributed by atoms with E-state index in [4.69, 9.17) is 0 Å². The van der Waals surface area contributed by atoms with Crippen LogP contribution >= 0.6 is 0 Å². The molecule has 2 nitrogen and oxygen atoms in total. The second kappa shape index (κ2) is 14.3. The quantitative estimate of drug-likeness (QED) is 0.0987. The predicted octanol–water partition coefficient (Wildman–Crippen LogP) is 17.9. The van der Waals surface area contributed by atoms with Gasteiger partial charge in [0.05, 0.1) is 17.1 Å². The fraction of sp³-hybridized carbons (Fsp3) is 0.194. The number of hydrogen-bond donors (Lipinski definition) is 0. The van der Waals surface area contributed by atoms with Gasteiger partial charge < -0.3 is 9.80 Å². The van der Waals surface area contributed by atoms with Crippen LogP contribution in [0.3, 0.4) is 0 Å². The highest BCUT2D eigenvalue weighted by Crippen LogP contribution is 2.57. The zero-order chi connectivity index (χ0) is 46.6. The molecule has 0 radical (unpaired) electrons. The Labute approximate surface area is 406 Å². The van der Waals surface area contributed by atoms with Crippen molar-refractivity contribution in [3.63, 3.8) is 0 Å². The van der Waals surface area contributed by atoms with Crippen molar-refractivity contribution in [3.8, 4) is 0 Å². The van der Waals surface area contributed by atoms with Crippen LogP contribution in [0.4, 0.5) is 22.7 Å². The summed E-state index contributed by atoms with van der Waals surface area (Å²) in [7, 11) is 0. The molecule has 0 bridgehead atoms. The summed E-state index contributed by atoms with van der Waals surface area (Å²) < 4.78 is 0. The summed E-state index contributed by atoms with van der Waals surface area (Å²) >= 11 is 0. The number of para-hydroxylation sites is 3. The minimum atomic E-state index is -0.110. The van der Waals surface area contributed by atoms with Gasteiger partial charge in [0.25, 0.3) is 0 Å². The Bertz CT molecular complexity index is 3770. The highest BCUT2D eigenvalue weighted by atomic mass is 15.2. The summed E-state index contributed by atoms with van der Waals surface area (Å²) in [5.74, 6) is 0.718. The van der Waals surface area contributed by atoms with E-state index in [1.54, 1.807) is 0 Å². The van der Waals surface area contributed by atoms with E-state index < -0.39 is 0 Å². The molecule has 9 aromatic rings. The van der Waals surface area contributed by atoms with Gasteiger partial charge in [0.2, 0.25) is 0 Å². The van der Waals surface area contributed by atoms with Crippen molar-refractivity contribution in [1.29, 1.82) is 0 Å². The van der Waals surface area contributed by atoms with Gasteiger partial charge in [0.15, 0.2) is 0 Å². The van der Waals surface area contributed by atoms with Gasteiger partial charge in [-0.3, -0.25) is 0 Å². The molecule has 0 aromatic heterocycles. The number of anilines is 4. The molecule has 0 fully saturated rings. The normalized spacial score (nSPS) is 20.3. The minimum Gasteiger partial charge on any atom is -0.314 e. The molecule has 334 valence electrons. The van der Waals surface area contributed by atoms with Crippen LogP contribution in [0.5, 0.6) is 0 Å². The number of rotatable bonds is 4. The van der Waals surface area contributed by atoms with Crippen molar-refractivity contribution in [1.82, 2.24) is 0 Å². The van der Waals surface area contributed by atoms with E-state index in [2.05, 4.69) is 246 Å². The average Bonchev–Trinajstić information content (AvgIpc) is 3.60. The van der Waals surface area contributed by atoms with E-state index in [0.29, 0.717) is 11.8 Å². The second-order valence-corrected chi connectivity index (χ2v) is 22.0. The first-order valence-electron chi connectivity index (χ1n) is 25.2. The zero-order valence-electron chi connectivity index (χ0n) is 40.4. The second-order valence-electron chi connectivity index (χ2n) is 22.0. The molecule has 5 aliphatic rings. The Balaban J connectivity index is 0.831.